The van der Waals surface area contributed by atoms with Crippen LogP contribution >= 0.6 is 12.4 Å². The van der Waals surface area contributed by atoms with Crippen molar-refractivity contribution in [3.63, 3.8) is 0 Å². The van der Waals surface area contributed by atoms with Gasteiger partial charge in [0.05, 0.1) is 6.61 Å². The van der Waals surface area contributed by atoms with Gasteiger partial charge in [0.15, 0.2) is 11.4 Å². The van der Waals surface area contributed by atoms with Crippen molar-refractivity contribution in [1.82, 2.24) is 24.3 Å². The van der Waals surface area contributed by atoms with Crippen LogP contribution in [0.25, 0.3) is 5.65 Å². The van der Waals surface area contributed by atoms with E-state index in [9.17, 15) is 9.59 Å². The fraction of sp³-hybridized carbons (Fsp3) is 0.480. The first-order valence-corrected chi connectivity index (χ1v) is 11.7. The standard InChI is InChI=1S/C25H34N6O4.ClH/c1-7-29(8-2)23(34)20-11-16(3)22-28-30(24(26)31(22)27-20)15-21(33)17-12-18(25(4,5)6)14-19(13-17)35-10-9-32;/h11-14,26,32H,7-10,15H2,1-6H3;1H. The second-order valence-electron chi connectivity index (χ2n) is 9.40. The van der Waals surface area contributed by atoms with Gasteiger partial charge in [0.2, 0.25) is 5.62 Å². The van der Waals surface area contributed by atoms with Crippen LogP contribution in [-0.2, 0) is 12.0 Å². The Kier molecular flexibility index (Phi) is 9.39. The van der Waals surface area contributed by atoms with Crippen LogP contribution in [0.1, 0.15) is 66.6 Å². The molecular weight excluding hydrogens is 484 g/mol. The SMILES string of the molecule is CCN(CC)C(=O)c1cc(C)c2nn(CC(=O)c3cc(OCCO)cc(C(C)(C)C)c3)c(=N)n2n1.Cl. The second kappa shape index (κ2) is 11.7. The Balaban J connectivity index is 0.00000456. The van der Waals surface area contributed by atoms with Crippen molar-refractivity contribution in [3.8, 4) is 5.75 Å². The number of nitrogens with one attached hydrogen (secondary N) is 1. The summed E-state index contributed by atoms with van der Waals surface area (Å²) in [7, 11) is 0. The molecule has 0 bridgehead atoms. The summed E-state index contributed by atoms with van der Waals surface area (Å²) < 4.78 is 8.15. The van der Waals surface area contributed by atoms with Crippen LogP contribution in [0.3, 0.4) is 0 Å². The molecule has 3 rings (SSSR count). The normalized spacial score (nSPS) is 11.3. The van der Waals surface area contributed by atoms with Crippen LogP contribution in [0.15, 0.2) is 24.3 Å². The summed E-state index contributed by atoms with van der Waals surface area (Å²) in [5, 5.41) is 26.4. The van der Waals surface area contributed by atoms with E-state index in [1.165, 1.54) is 9.20 Å². The number of benzene rings is 1. The minimum absolute atomic E-state index is 0. The number of ketones is 1. The van der Waals surface area contributed by atoms with Crippen LogP contribution < -0.4 is 10.4 Å². The highest BCUT2D eigenvalue weighted by Crippen LogP contribution is 2.28. The Labute approximate surface area is 216 Å². The van der Waals surface area contributed by atoms with Gasteiger partial charge in [-0.1, -0.05) is 20.8 Å². The summed E-state index contributed by atoms with van der Waals surface area (Å²) >= 11 is 0. The average Bonchev–Trinajstić information content (AvgIpc) is 3.13. The Morgan fingerprint density at radius 3 is 2.36 bits per heavy atom. The van der Waals surface area contributed by atoms with Crippen LogP contribution in [0.5, 0.6) is 5.75 Å². The van der Waals surface area contributed by atoms with Gasteiger partial charge in [-0.25, -0.2) is 4.68 Å². The molecule has 1 aromatic carbocycles. The molecule has 0 saturated heterocycles. The zero-order valence-corrected chi connectivity index (χ0v) is 22.5. The van der Waals surface area contributed by atoms with E-state index in [0.717, 1.165) is 5.56 Å². The highest BCUT2D eigenvalue weighted by Gasteiger charge is 2.21. The number of nitrogens with zero attached hydrogens (tertiary/aromatic N) is 5. The molecule has 1 amide bonds. The Bertz CT molecular complexity index is 1300. The van der Waals surface area contributed by atoms with Gasteiger partial charge >= 0.3 is 0 Å². The summed E-state index contributed by atoms with van der Waals surface area (Å²) in [6, 6.07) is 6.98. The number of Topliss-reactive ketones (excluding diaryl/α,β-unsaturated/α-hetero) is 1. The van der Waals surface area contributed by atoms with Gasteiger partial charge in [-0.3, -0.25) is 15.0 Å². The number of amides is 1. The quantitative estimate of drug-likeness (QED) is 0.419. The summed E-state index contributed by atoms with van der Waals surface area (Å²) in [6.07, 6.45) is 0. The van der Waals surface area contributed by atoms with Gasteiger partial charge < -0.3 is 14.7 Å². The summed E-state index contributed by atoms with van der Waals surface area (Å²) in [5.41, 5.74) is 2.34. The first-order chi connectivity index (χ1) is 16.5. The molecule has 0 aliphatic rings. The fourth-order valence-corrected chi connectivity index (χ4v) is 3.72. The number of aryl methyl sites for hydroxylation is 1. The first kappa shape index (κ1) is 29.0. The molecule has 0 unspecified atom stereocenters. The number of carbonyl (C=O) groups is 2. The molecule has 10 nitrogen and oxygen atoms in total. The molecule has 0 spiro atoms. The van der Waals surface area contributed by atoms with E-state index in [1.807, 2.05) is 46.8 Å². The Hall–Kier alpha value is -3.24. The summed E-state index contributed by atoms with van der Waals surface area (Å²) in [5.74, 6) is 0.0343. The first-order valence-electron chi connectivity index (χ1n) is 11.7. The van der Waals surface area contributed by atoms with Gasteiger partial charge in [0.25, 0.3) is 5.91 Å². The van der Waals surface area contributed by atoms with E-state index in [0.29, 0.717) is 35.6 Å². The zero-order chi connectivity index (χ0) is 25.9. The number of halogens is 1. The van der Waals surface area contributed by atoms with E-state index < -0.39 is 0 Å². The van der Waals surface area contributed by atoms with E-state index >= 15 is 0 Å². The maximum Gasteiger partial charge on any atom is 0.274 e. The van der Waals surface area contributed by atoms with Gasteiger partial charge in [-0.15, -0.1) is 17.5 Å². The predicted molar refractivity (Wildman–Crippen MR) is 138 cm³/mol. The van der Waals surface area contributed by atoms with Crippen LogP contribution in [0, 0.1) is 12.3 Å². The summed E-state index contributed by atoms with van der Waals surface area (Å²) in [6.45, 7) is 12.6. The fourth-order valence-electron chi connectivity index (χ4n) is 3.72. The minimum Gasteiger partial charge on any atom is -0.491 e. The van der Waals surface area contributed by atoms with E-state index in [-0.39, 0.29) is 60.6 Å². The molecule has 2 N–H and O–H groups in total. The highest BCUT2D eigenvalue weighted by molar-refractivity contribution is 5.96. The third-order valence-electron chi connectivity index (χ3n) is 5.79. The number of rotatable bonds is 9. The van der Waals surface area contributed by atoms with Gasteiger partial charge in [-0.2, -0.15) is 9.61 Å². The summed E-state index contributed by atoms with van der Waals surface area (Å²) in [4.78, 5) is 27.7. The number of carbonyl (C=O) groups excluding carboxylic acids is 2. The Morgan fingerprint density at radius 2 is 1.78 bits per heavy atom. The maximum atomic E-state index is 13.2. The maximum absolute atomic E-state index is 13.2. The monoisotopic (exact) mass is 518 g/mol. The molecule has 0 aliphatic heterocycles. The largest absolute Gasteiger partial charge is 0.491 e. The predicted octanol–water partition coefficient (Wildman–Crippen LogP) is 2.77. The smallest absolute Gasteiger partial charge is 0.274 e. The number of hydrogen-bond donors (Lipinski definition) is 2. The molecular formula is C25H35ClN6O4. The number of hydrogen-bond acceptors (Lipinski definition) is 7. The number of aliphatic hydroxyl groups excluding tert-OH is 1. The number of fused-ring (bicyclic) bond motifs is 1. The lowest BCUT2D eigenvalue weighted by molar-refractivity contribution is 0.0765. The van der Waals surface area contributed by atoms with E-state index in [1.54, 1.807) is 24.0 Å². The van der Waals surface area contributed by atoms with Crippen molar-refractivity contribution < 1.29 is 19.4 Å². The number of aliphatic hydroxyl groups is 1. The van der Waals surface area contributed by atoms with Crippen molar-refractivity contribution in [2.75, 3.05) is 26.3 Å². The average molecular weight is 519 g/mol. The van der Waals surface area contributed by atoms with Crippen molar-refractivity contribution >= 4 is 29.7 Å². The van der Waals surface area contributed by atoms with Gasteiger partial charge in [-0.05, 0) is 61.6 Å². The molecule has 0 radical (unpaired) electrons. The van der Waals surface area contributed by atoms with E-state index in [4.69, 9.17) is 15.3 Å². The molecule has 0 atom stereocenters. The molecule has 196 valence electrons. The molecule has 36 heavy (non-hydrogen) atoms. The van der Waals surface area contributed by atoms with Gasteiger partial charge in [0.1, 0.15) is 24.6 Å². The molecule has 3 aromatic rings. The van der Waals surface area contributed by atoms with Crippen LogP contribution in [0.4, 0.5) is 0 Å². The third-order valence-corrected chi connectivity index (χ3v) is 5.79. The molecule has 2 heterocycles. The molecule has 0 aliphatic carbocycles. The lowest BCUT2D eigenvalue weighted by Gasteiger charge is -2.21. The van der Waals surface area contributed by atoms with Crippen molar-refractivity contribution in [1.29, 1.82) is 5.41 Å². The zero-order valence-electron chi connectivity index (χ0n) is 21.7. The van der Waals surface area contributed by atoms with Crippen molar-refractivity contribution in [3.05, 3.63) is 52.3 Å². The van der Waals surface area contributed by atoms with Crippen molar-refractivity contribution in [2.24, 2.45) is 0 Å². The minimum atomic E-state index is -0.246. The van der Waals surface area contributed by atoms with Crippen LogP contribution in [-0.4, -0.2) is 67.4 Å². The van der Waals surface area contributed by atoms with Crippen molar-refractivity contribution in [2.45, 2.75) is 53.5 Å². The Morgan fingerprint density at radius 1 is 1.11 bits per heavy atom. The van der Waals surface area contributed by atoms with Gasteiger partial charge in [0, 0.05) is 18.7 Å². The van der Waals surface area contributed by atoms with Crippen LogP contribution in [0.2, 0.25) is 0 Å². The lowest BCUT2D eigenvalue weighted by atomic mass is 9.85. The third kappa shape index (κ3) is 6.11. The number of ether oxygens (including phenoxy) is 1. The van der Waals surface area contributed by atoms with E-state index in [2.05, 4.69) is 10.2 Å². The lowest BCUT2D eigenvalue weighted by Crippen LogP contribution is -2.32. The molecule has 2 aromatic heterocycles. The second-order valence-corrected chi connectivity index (χ2v) is 9.40. The molecule has 0 saturated carbocycles. The highest BCUT2D eigenvalue weighted by atomic mass is 35.5. The molecule has 0 fully saturated rings. The molecule has 11 heteroatoms. The number of aromatic nitrogens is 4. The topological polar surface area (TPSA) is 126 Å².